The molecule has 8 heteroatoms. The minimum Gasteiger partial charge on any atom is -0.379 e. The molecule has 4 rings (SSSR count). The summed E-state index contributed by atoms with van der Waals surface area (Å²) in [5.74, 6) is -0.760. The second kappa shape index (κ2) is 6.64. The molecule has 0 fully saturated rings. The smallest absolute Gasteiger partial charge is 0.271 e. The van der Waals surface area contributed by atoms with Gasteiger partial charge in [-0.05, 0) is 31.2 Å². The molecule has 0 bridgehead atoms. The summed E-state index contributed by atoms with van der Waals surface area (Å²) in [6.07, 6.45) is 3.30. The number of nitrogens with one attached hydrogen (secondary N) is 1. The highest BCUT2D eigenvalue weighted by Gasteiger charge is 2.42. The number of amides is 1. The molecule has 3 aromatic rings. The molecule has 0 spiro atoms. The normalized spacial score (nSPS) is 18.7. The fraction of sp³-hybridized carbons (Fsp3) is 0.158. The van der Waals surface area contributed by atoms with Gasteiger partial charge in [-0.15, -0.1) is 10.2 Å². The first kappa shape index (κ1) is 16.9. The number of hydrogen-bond donors (Lipinski definition) is 1. The van der Waals surface area contributed by atoms with Crippen LogP contribution in [-0.4, -0.2) is 32.0 Å². The molecule has 1 aromatic heterocycles. The highest BCUT2D eigenvalue weighted by molar-refractivity contribution is 6.08. The van der Waals surface area contributed by atoms with Gasteiger partial charge in [0.25, 0.3) is 5.91 Å². The maximum absolute atomic E-state index is 14.0. The van der Waals surface area contributed by atoms with Crippen molar-refractivity contribution in [3.05, 3.63) is 72.6 Å². The molecule has 0 saturated heterocycles. The lowest BCUT2D eigenvalue weighted by Crippen LogP contribution is -2.40. The molecule has 2 heterocycles. The largest absolute Gasteiger partial charge is 0.379 e. The van der Waals surface area contributed by atoms with Gasteiger partial charge in [0.2, 0.25) is 5.60 Å². The van der Waals surface area contributed by atoms with Gasteiger partial charge < -0.3 is 10.2 Å². The number of benzene rings is 2. The van der Waals surface area contributed by atoms with Crippen LogP contribution in [0.1, 0.15) is 18.9 Å². The molecule has 27 heavy (non-hydrogen) atoms. The molecule has 0 saturated carbocycles. The van der Waals surface area contributed by atoms with Gasteiger partial charge in [0.1, 0.15) is 18.5 Å². The lowest BCUT2D eigenvalue weighted by molar-refractivity contribution is -0.135. The van der Waals surface area contributed by atoms with Gasteiger partial charge in [-0.3, -0.25) is 9.36 Å². The van der Waals surface area contributed by atoms with Crippen LogP contribution in [0.5, 0.6) is 0 Å². The molecule has 1 aliphatic heterocycles. The second-order valence-electron chi connectivity index (χ2n) is 6.39. The monoisotopic (exact) mass is 365 g/mol. The van der Waals surface area contributed by atoms with Crippen LogP contribution in [0.4, 0.5) is 10.1 Å². The third-order valence-corrected chi connectivity index (χ3v) is 4.35. The van der Waals surface area contributed by atoms with Crippen LogP contribution in [0.25, 0.3) is 5.69 Å². The molecule has 1 aliphatic rings. The highest BCUT2D eigenvalue weighted by Crippen LogP contribution is 2.29. The summed E-state index contributed by atoms with van der Waals surface area (Å²) in [5, 5.41) is 14.3. The van der Waals surface area contributed by atoms with E-state index in [4.69, 9.17) is 4.84 Å². The number of rotatable bonds is 4. The van der Waals surface area contributed by atoms with E-state index in [0.717, 1.165) is 5.69 Å². The van der Waals surface area contributed by atoms with E-state index in [0.29, 0.717) is 17.0 Å². The van der Waals surface area contributed by atoms with Gasteiger partial charge in [-0.2, -0.15) is 0 Å². The van der Waals surface area contributed by atoms with Gasteiger partial charge >= 0.3 is 0 Å². The van der Waals surface area contributed by atoms with Crippen molar-refractivity contribution in [3.63, 3.8) is 0 Å². The Morgan fingerprint density at radius 3 is 2.74 bits per heavy atom. The van der Waals surface area contributed by atoms with Crippen LogP contribution >= 0.6 is 0 Å². The molecule has 2 aromatic carbocycles. The van der Waals surface area contributed by atoms with E-state index in [1.54, 1.807) is 54.5 Å². The van der Waals surface area contributed by atoms with Gasteiger partial charge in [-0.1, -0.05) is 29.4 Å². The molecule has 1 amide bonds. The zero-order valence-corrected chi connectivity index (χ0v) is 14.5. The van der Waals surface area contributed by atoms with Gasteiger partial charge in [0.05, 0.1) is 11.4 Å². The Morgan fingerprint density at radius 2 is 1.96 bits per heavy atom. The summed E-state index contributed by atoms with van der Waals surface area (Å²) in [6, 6.07) is 13.5. The van der Waals surface area contributed by atoms with Crippen LogP contribution in [0, 0.1) is 5.82 Å². The molecular formula is C19H16FN5O2. The molecule has 136 valence electrons. The lowest BCUT2D eigenvalue weighted by atomic mass is 9.95. The third kappa shape index (κ3) is 3.29. The van der Waals surface area contributed by atoms with Crippen LogP contribution in [0.3, 0.4) is 0 Å². The average Bonchev–Trinajstić information content (AvgIpc) is 3.33. The number of carbonyl (C=O) groups excluding carboxylic acids is 1. The third-order valence-electron chi connectivity index (χ3n) is 4.35. The second-order valence-corrected chi connectivity index (χ2v) is 6.39. The SMILES string of the molecule is C[C@]1(C(=O)Nc2cccc(-n3cnnc3)c2)CC(c2ccccc2F)=NO1. The van der Waals surface area contributed by atoms with Gasteiger partial charge in [-0.25, -0.2) is 4.39 Å². The fourth-order valence-corrected chi connectivity index (χ4v) is 2.84. The Balaban J connectivity index is 1.49. The Hall–Kier alpha value is -3.55. The van der Waals surface area contributed by atoms with Crippen LogP contribution in [0.2, 0.25) is 0 Å². The number of nitrogens with zero attached hydrogens (tertiary/aromatic N) is 4. The lowest BCUT2D eigenvalue weighted by Gasteiger charge is -2.20. The fourth-order valence-electron chi connectivity index (χ4n) is 2.84. The summed E-state index contributed by atoms with van der Waals surface area (Å²) >= 11 is 0. The first-order chi connectivity index (χ1) is 13.0. The van der Waals surface area contributed by atoms with Crippen molar-refractivity contribution >= 4 is 17.3 Å². The number of carbonyl (C=O) groups is 1. The van der Waals surface area contributed by atoms with Gasteiger partial charge in [0.15, 0.2) is 0 Å². The summed E-state index contributed by atoms with van der Waals surface area (Å²) in [5.41, 5.74) is 0.922. The number of aromatic nitrogens is 3. The first-order valence-corrected chi connectivity index (χ1v) is 8.32. The van der Waals surface area contributed by atoms with Crippen molar-refractivity contribution in [2.45, 2.75) is 18.9 Å². The quantitative estimate of drug-likeness (QED) is 0.771. The maximum Gasteiger partial charge on any atom is 0.271 e. The minimum absolute atomic E-state index is 0.172. The maximum atomic E-state index is 14.0. The zero-order valence-electron chi connectivity index (χ0n) is 14.5. The topological polar surface area (TPSA) is 81.4 Å². The predicted octanol–water partition coefficient (Wildman–Crippen LogP) is 2.93. The zero-order chi connectivity index (χ0) is 18.9. The van der Waals surface area contributed by atoms with E-state index in [2.05, 4.69) is 20.7 Å². The Bertz CT molecular complexity index is 1020. The van der Waals surface area contributed by atoms with Crippen molar-refractivity contribution in [1.29, 1.82) is 0 Å². The first-order valence-electron chi connectivity index (χ1n) is 8.32. The number of halogens is 1. The molecule has 0 unspecified atom stereocenters. The molecule has 0 aliphatic carbocycles. The van der Waals surface area contributed by atoms with E-state index in [9.17, 15) is 9.18 Å². The number of anilines is 1. The molecular weight excluding hydrogens is 349 g/mol. The Kier molecular flexibility index (Phi) is 4.15. The van der Waals surface area contributed by atoms with E-state index in [-0.39, 0.29) is 12.3 Å². The number of hydrogen-bond acceptors (Lipinski definition) is 5. The van der Waals surface area contributed by atoms with Crippen molar-refractivity contribution < 1.29 is 14.0 Å². The van der Waals surface area contributed by atoms with E-state index in [1.807, 2.05) is 12.1 Å². The summed E-state index contributed by atoms with van der Waals surface area (Å²) in [7, 11) is 0. The predicted molar refractivity (Wildman–Crippen MR) is 97.0 cm³/mol. The molecule has 1 N–H and O–H groups in total. The number of oxime groups is 1. The van der Waals surface area contributed by atoms with E-state index < -0.39 is 11.4 Å². The van der Waals surface area contributed by atoms with E-state index >= 15 is 0 Å². The Morgan fingerprint density at radius 1 is 1.19 bits per heavy atom. The summed E-state index contributed by atoms with van der Waals surface area (Å²) in [4.78, 5) is 18.1. The van der Waals surface area contributed by atoms with E-state index in [1.165, 1.54) is 6.07 Å². The van der Waals surface area contributed by atoms with Crippen LogP contribution < -0.4 is 5.32 Å². The summed E-state index contributed by atoms with van der Waals surface area (Å²) < 4.78 is 15.7. The van der Waals surface area contributed by atoms with Crippen LogP contribution in [-0.2, 0) is 9.63 Å². The Labute approximate surface area is 154 Å². The van der Waals surface area contributed by atoms with Crippen LogP contribution in [0.15, 0.2) is 66.3 Å². The minimum atomic E-state index is -1.22. The van der Waals surface area contributed by atoms with Crippen molar-refractivity contribution in [3.8, 4) is 5.69 Å². The van der Waals surface area contributed by atoms with Crippen molar-refractivity contribution in [1.82, 2.24) is 14.8 Å². The average molecular weight is 365 g/mol. The highest BCUT2D eigenvalue weighted by atomic mass is 19.1. The standard InChI is InChI=1S/C19H16FN5O2/c1-19(10-17(24-27-19)15-7-2-3-8-16(15)20)18(26)23-13-5-4-6-14(9-13)25-11-21-22-12-25/h2-9,11-12H,10H2,1H3,(H,23,26)/t19-/m1/s1. The van der Waals surface area contributed by atoms with Crippen molar-refractivity contribution in [2.24, 2.45) is 5.16 Å². The molecule has 1 atom stereocenters. The molecule has 0 radical (unpaired) electrons. The van der Waals surface area contributed by atoms with Crippen molar-refractivity contribution in [2.75, 3.05) is 5.32 Å². The van der Waals surface area contributed by atoms with Gasteiger partial charge in [0, 0.05) is 17.7 Å². The summed E-state index contributed by atoms with van der Waals surface area (Å²) in [6.45, 7) is 1.63. The molecule has 7 nitrogen and oxygen atoms in total.